The second-order valence-electron chi connectivity index (χ2n) is 5.62. The van der Waals surface area contributed by atoms with Crippen LogP contribution in [0.5, 0.6) is 5.75 Å². The number of hydrogen-bond donors (Lipinski definition) is 1. The Morgan fingerprint density at radius 1 is 0.840 bits per heavy atom. The van der Waals surface area contributed by atoms with Crippen molar-refractivity contribution < 1.29 is 9.47 Å². The number of nitrogens with one attached hydrogen (secondary N) is 1. The number of hydrogen-bond acceptors (Lipinski definition) is 4. The lowest BCUT2D eigenvalue weighted by Gasteiger charge is -2.29. The van der Waals surface area contributed by atoms with Crippen LogP contribution in [0.1, 0.15) is 5.56 Å². The largest absolute Gasteiger partial charge is 0.491 e. The van der Waals surface area contributed by atoms with Gasteiger partial charge in [-0.3, -0.25) is 0 Å². The van der Waals surface area contributed by atoms with Crippen LogP contribution in [-0.4, -0.2) is 39.4 Å². The molecule has 0 bridgehead atoms. The molecule has 25 heavy (non-hydrogen) atoms. The zero-order valence-electron chi connectivity index (χ0n) is 14.2. The van der Waals surface area contributed by atoms with E-state index in [1.807, 2.05) is 30.3 Å². The van der Waals surface area contributed by atoms with E-state index in [-0.39, 0.29) is 24.8 Å². The smallest absolute Gasteiger partial charge is 0.119 e. The summed E-state index contributed by atoms with van der Waals surface area (Å²) in [5, 5.41) is 3.37. The number of piperazine rings is 1. The van der Waals surface area contributed by atoms with Gasteiger partial charge in [-0.25, -0.2) is 0 Å². The zero-order chi connectivity index (χ0) is 15.7. The van der Waals surface area contributed by atoms with Gasteiger partial charge < -0.3 is 19.7 Å². The third-order valence-corrected chi connectivity index (χ3v) is 3.93. The maximum atomic E-state index is 5.73. The number of nitrogens with zero attached hydrogens (tertiary/aromatic N) is 1. The summed E-state index contributed by atoms with van der Waals surface area (Å²) in [4.78, 5) is 2.39. The SMILES string of the molecule is Cl.Cl.c1ccc(COCCOc2ccc(N3CCNCC3)cc2)cc1. The number of benzene rings is 2. The van der Waals surface area contributed by atoms with Gasteiger partial charge in [0.2, 0.25) is 0 Å². The average molecular weight is 385 g/mol. The highest BCUT2D eigenvalue weighted by Crippen LogP contribution is 2.19. The minimum absolute atomic E-state index is 0. The van der Waals surface area contributed by atoms with Gasteiger partial charge in [-0.2, -0.15) is 0 Å². The second-order valence-corrected chi connectivity index (χ2v) is 5.62. The molecule has 0 aliphatic carbocycles. The van der Waals surface area contributed by atoms with E-state index in [9.17, 15) is 0 Å². The Hall–Kier alpha value is -1.46. The van der Waals surface area contributed by atoms with Gasteiger partial charge in [-0.05, 0) is 29.8 Å². The Morgan fingerprint density at radius 3 is 2.20 bits per heavy atom. The highest BCUT2D eigenvalue weighted by atomic mass is 35.5. The monoisotopic (exact) mass is 384 g/mol. The summed E-state index contributed by atoms with van der Waals surface area (Å²) in [5.74, 6) is 0.896. The Kier molecular flexibility index (Phi) is 10.3. The molecule has 1 aliphatic rings. The van der Waals surface area contributed by atoms with E-state index < -0.39 is 0 Å². The first kappa shape index (κ1) is 21.6. The maximum absolute atomic E-state index is 5.73. The molecule has 0 aromatic heterocycles. The van der Waals surface area contributed by atoms with Crippen LogP contribution in [0.4, 0.5) is 5.69 Å². The van der Waals surface area contributed by atoms with Crippen molar-refractivity contribution in [3.63, 3.8) is 0 Å². The summed E-state index contributed by atoms with van der Waals surface area (Å²) in [6.45, 7) is 6.02. The standard InChI is InChI=1S/C19H24N2O2.2ClH/c1-2-4-17(5-3-1)16-22-14-15-23-19-8-6-18(7-9-19)21-12-10-20-11-13-21;;/h1-9,20H,10-16H2;2*1H. The van der Waals surface area contributed by atoms with Crippen LogP contribution < -0.4 is 15.0 Å². The third kappa shape index (κ3) is 7.12. The fourth-order valence-corrected chi connectivity index (χ4v) is 2.66. The molecule has 0 radical (unpaired) electrons. The molecule has 0 atom stereocenters. The van der Waals surface area contributed by atoms with Gasteiger partial charge in [-0.15, -0.1) is 24.8 Å². The molecule has 4 nitrogen and oxygen atoms in total. The minimum atomic E-state index is 0. The highest BCUT2D eigenvalue weighted by Gasteiger charge is 2.09. The van der Waals surface area contributed by atoms with Crippen LogP contribution >= 0.6 is 24.8 Å². The van der Waals surface area contributed by atoms with E-state index in [2.05, 4.69) is 34.5 Å². The Bertz CT molecular complexity index is 576. The molecule has 2 aromatic rings. The van der Waals surface area contributed by atoms with E-state index in [0.29, 0.717) is 19.8 Å². The van der Waals surface area contributed by atoms with Crippen molar-refractivity contribution in [2.75, 3.05) is 44.3 Å². The number of halogens is 2. The first-order valence-electron chi connectivity index (χ1n) is 8.22. The fourth-order valence-electron chi connectivity index (χ4n) is 2.66. The molecule has 1 saturated heterocycles. The molecular formula is C19H26Cl2N2O2. The Labute approximate surface area is 162 Å². The maximum Gasteiger partial charge on any atom is 0.119 e. The lowest BCUT2D eigenvalue weighted by atomic mass is 10.2. The Balaban J connectivity index is 0.00000156. The van der Waals surface area contributed by atoms with Gasteiger partial charge in [0.05, 0.1) is 13.2 Å². The van der Waals surface area contributed by atoms with Gasteiger partial charge in [-0.1, -0.05) is 30.3 Å². The summed E-state index contributed by atoms with van der Waals surface area (Å²) < 4.78 is 11.4. The van der Waals surface area contributed by atoms with Gasteiger partial charge in [0.25, 0.3) is 0 Å². The van der Waals surface area contributed by atoms with Crippen LogP contribution in [0.2, 0.25) is 0 Å². The molecule has 6 heteroatoms. The summed E-state index contributed by atoms with van der Waals surface area (Å²) in [6.07, 6.45) is 0. The topological polar surface area (TPSA) is 33.7 Å². The first-order valence-corrected chi connectivity index (χ1v) is 8.22. The van der Waals surface area contributed by atoms with Crippen molar-refractivity contribution >= 4 is 30.5 Å². The summed E-state index contributed by atoms with van der Waals surface area (Å²) in [6, 6.07) is 18.5. The van der Waals surface area contributed by atoms with Crippen LogP contribution in [0.25, 0.3) is 0 Å². The fraction of sp³-hybridized carbons (Fsp3) is 0.368. The predicted octanol–water partition coefficient (Wildman–Crippen LogP) is 3.54. The molecule has 0 spiro atoms. The normalized spacial score (nSPS) is 13.5. The molecule has 1 heterocycles. The van der Waals surface area contributed by atoms with E-state index in [1.54, 1.807) is 0 Å². The summed E-state index contributed by atoms with van der Waals surface area (Å²) >= 11 is 0. The van der Waals surface area contributed by atoms with Crippen LogP contribution in [0.3, 0.4) is 0 Å². The van der Waals surface area contributed by atoms with Gasteiger partial charge in [0.15, 0.2) is 0 Å². The molecule has 1 aliphatic heterocycles. The first-order chi connectivity index (χ1) is 11.4. The highest BCUT2D eigenvalue weighted by molar-refractivity contribution is 5.85. The Morgan fingerprint density at radius 2 is 1.52 bits per heavy atom. The van der Waals surface area contributed by atoms with Crippen molar-refractivity contribution in [1.82, 2.24) is 5.32 Å². The lowest BCUT2D eigenvalue weighted by Crippen LogP contribution is -2.43. The summed E-state index contributed by atoms with van der Waals surface area (Å²) in [7, 11) is 0. The van der Waals surface area contributed by atoms with E-state index in [0.717, 1.165) is 31.9 Å². The molecular weight excluding hydrogens is 359 g/mol. The lowest BCUT2D eigenvalue weighted by molar-refractivity contribution is 0.0889. The molecule has 0 amide bonds. The second kappa shape index (κ2) is 12.0. The van der Waals surface area contributed by atoms with Crippen molar-refractivity contribution in [2.45, 2.75) is 6.61 Å². The predicted molar refractivity (Wildman–Crippen MR) is 108 cm³/mol. The van der Waals surface area contributed by atoms with Crippen LogP contribution in [-0.2, 0) is 11.3 Å². The van der Waals surface area contributed by atoms with E-state index in [1.165, 1.54) is 11.3 Å². The van der Waals surface area contributed by atoms with E-state index in [4.69, 9.17) is 9.47 Å². The van der Waals surface area contributed by atoms with E-state index >= 15 is 0 Å². The van der Waals surface area contributed by atoms with Crippen molar-refractivity contribution in [2.24, 2.45) is 0 Å². The number of rotatable bonds is 7. The summed E-state index contributed by atoms with van der Waals surface area (Å²) in [5.41, 5.74) is 2.45. The number of anilines is 1. The minimum Gasteiger partial charge on any atom is -0.491 e. The molecule has 2 aromatic carbocycles. The molecule has 3 rings (SSSR count). The average Bonchev–Trinajstić information content (AvgIpc) is 2.64. The van der Waals surface area contributed by atoms with Crippen molar-refractivity contribution in [3.05, 3.63) is 60.2 Å². The quantitative estimate of drug-likeness (QED) is 0.740. The number of ether oxygens (including phenoxy) is 2. The van der Waals surface area contributed by atoms with Crippen molar-refractivity contribution in [1.29, 1.82) is 0 Å². The molecule has 138 valence electrons. The molecule has 1 N–H and O–H groups in total. The molecule has 1 fully saturated rings. The zero-order valence-corrected chi connectivity index (χ0v) is 15.9. The van der Waals surface area contributed by atoms with Gasteiger partial charge in [0, 0.05) is 31.9 Å². The van der Waals surface area contributed by atoms with Gasteiger partial charge >= 0.3 is 0 Å². The van der Waals surface area contributed by atoms with Gasteiger partial charge in [0.1, 0.15) is 12.4 Å². The van der Waals surface area contributed by atoms with Crippen LogP contribution in [0, 0.1) is 0 Å². The molecule has 0 saturated carbocycles. The third-order valence-electron chi connectivity index (χ3n) is 3.93. The van der Waals surface area contributed by atoms with Crippen LogP contribution in [0.15, 0.2) is 54.6 Å². The molecule has 0 unspecified atom stereocenters. The van der Waals surface area contributed by atoms with Crippen molar-refractivity contribution in [3.8, 4) is 5.75 Å².